The predicted molar refractivity (Wildman–Crippen MR) is 126 cm³/mol. The molecule has 7 heteroatoms. The lowest BCUT2D eigenvalue weighted by molar-refractivity contribution is 0.122. The molecule has 0 aliphatic carbocycles. The first-order valence-electron chi connectivity index (χ1n) is 10.4. The van der Waals surface area contributed by atoms with Crippen molar-refractivity contribution < 1.29 is 4.74 Å². The van der Waals surface area contributed by atoms with Crippen molar-refractivity contribution in [2.75, 3.05) is 31.2 Å². The minimum Gasteiger partial charge on any atom is -0.378 e. The van der Waals surface area contributed by atoms with Gasteiger partial charge in [0.15, 0.2) is 11.6 Å². The fraction of sp³-hybridized carbons (Fsp3) is 0.208. The highest BCUT2D eigenvalue weighted by Crippen LogP contribution is 2.39. The Kier molecular flexibility index (Phi) is 4.44. The lowest BCUT2D eigenvalue weighted by Crippen LogP contribution is -2.36. The monoisotopic (exact) mass is 427 g/mol. The Labute approximate surface area is 183 Å². The Morgan fingerprint density at radius 2 is 1.90 bits per heavy atom. The summed E-state index contributed by atoms with van der Waals surface area (Å²) in [4.78, 5) is 13.6. The fourth-order valence-electron chi connectivity index (χ4n) is 4.13. The Morgan fingerprint density at radius 3 is 2.77 bits per heavy atom. The summed E-state index contributed by atoms with van der Waals surface area (Å²) in [5.74, 6) is 1.72. The van der Waals surface area contributed by atoms with Crippen LogP contribution in [0.1, 0.15) is 5.56 Å². The number of ether oxygens (including phenoxy) is 1. The predicted octanol–water partition coefficient (Wildman–Crippen LogP) is 5.05. The molecule has 154 valence electrons. The van der Waals surface area contributed by atoms with Crippen LogP contribution in [0.4, 0.5) is 5.82 Å². The third-order valence-corrected chi connectivity index (χ3v) is 6.86. The van der Waals surface area contributed by atoms with Crippen LogP contribution in [0.25, 0.3) is 42.9 Å². The Balaban J connectivity index is 1.58. The zero-order valence-corrected chi connectivity index (χ0v) is 17.9. The van der Waals surface area contributed by atoms with Crippen molar-refractivity contribution in [1.82, 2.24) is 20.2 Å². The molecular formula is C24H21N5OS. The molecule has 5 aromatic rings. The zero-order chi connectivity index (χ0) is 20.8. The maximum atomic E-state index is 5.59. The quantitative estimate of drug-likeness (QED) is 0.437. The van der Waals surface area contributed by atoms with Gasteiger partial charge in [-0.05, 0) is 24.6 Å². The number of thiophene rings is 1. The minimum absolute atomic E-state index is 0.717. The average Bonchev–Trinajstić information content (AvgIpc) is 3.46. The summed E-state index contributed by atoms with van der Waals surface area (Å²) in [6.07, 6.45) is 1.85. The number of anilines is 1. The SMILES string of the molecule is Cc1cccc(-c2cc3nc(-c4cccc5[nH]ncc45)nc(N4CCOCC4)c3s2)c1. The van der Waals surface area contributed by atoms with Gasteiger partial charge in [0, 0.05) is 28.9 Å². The van der Waals surface area contributed by atoms with Crippen molar-refractivity contribution in [3.63, 3.8) is 0 Å². The van der Waals surface area contributed by atoms with E-state index < -0.39 is 0 Å². The molecule has 2 aromatic carbocycles. The van der Waals surface area contributed by atoms with Gasteiger partial charge < -0.3 is 9.64 Å². The van der Waals surface area contributed by atoms with Crippen LogP contribution in [0.15, 0.2) is 54.7 Å². The number of rotatable bonds is 3. The van der Waals surface area contributed by atoms with E-state index in [4.69, 9.17) is 14.7 Å². The van der Waals surface area contributed by atoms with Crippen LogP contribution in [0.2, 0.25) is 0 Å². The van der Waals surface area contributed by atoms with E-state index in [0.717, 1.165) is 51.4 Å². The summed E-state index contributed by atoms with van der Waals surface area (Å²) in [7, 11) is 0. The van der Waals surface area contributed by atoms with Gasteiger partial charge in [0.1, 0.15) is 0 Å². The van der Waals surface area contributed by atoms with E-state index in [1.807, 2.05) is 18.3 Å². The van der Waals surface area contributed by atoms with Gasteiger partial charge in [-0.15, -0.1) is 11.3 Å². The second-order valence-corrected chi connectivity index (χ2v) is 8.85. The molecule has 0 saturated carbocycles. The van der Waals surface area contributed by atoms with E-state index >= 15 is 0 Å². The number of hydrogen-bond donors (Lipinski definition) is 1. The number of nitrogens with zero attached hydrogens (tertiary/aromatic N) is 4. The maximum Gasteiger partial charge on any atom is 0.162 e. The highest BCUT2D eigenvalue weighted by molar-refractivity contribution is 7.22. The van der Waals surface area contributed by atoms with E-state index in [2.05, 4.69) is 58.4 Å². The lowest BCUT2D eigenvalue weighted by atomic mass is 10.1. The standard InChI is InChI=1S/C24H21N5OS/c1-15-4-2-5-16(12-15)21-13-20-22(31-21)24(29-8-10-30-11-9-29)27-23(26-20)17-6-3-7-19-18(17)14-25-28-19/h2-7,12-14H,8-11H2,1H3,(H,25,28). The summed E-state index contributed by atoms with van der Waals surface area (Å²) in [6.45, 7) is 5.22. The fourth-order valence-corrected chi connectivity index (χ4v) is 5.24. The smallest absolute Gasteiger partial charge is 0.162 e. The van der Waals surface area contributed by atoms with E-state index in [1.165, 1.54) is 16.0 Å². The molecule has 0 unspecified atom stereocenters. The van der Waals surface area contributed by atoms with Gasteiger partial charge in [0.25, 0.3) is 0 Å². The van der Waals surface area contributed by atoms with Crippen LogP contribution in [0.3, 0.4) is 0 Å². The number of fused-ring (bicyclic) bond motifs is 2. The lowest BCUT2D eigenvalue weighted by Gasteiger charge is -2.28. The number of benzene rings is 2. The number of aryl methyl sites for hydroxylation is 1. The maximum absolute atomic E-state index is 5.59. The number of nitrogens with one attached hydrogen (secondary N) is 1. The third-order valence-electron chi connectivity index (χ3n) is 5.69. The van der Waals surface area contributed by atoms with Crippen LogP contribution in [-0.4, -0.2) is 46.5 Å². The van der Waals surface area contributed by atoms with Crippen LogP contribution >= 0.6 is 11.3 Å². The number of aromatic nitrogens is 4. The molecule has 0 radical (unpaired) electrons. The van der Waals surface area contributed by atoms with E-state index in [-0.39, 0.29) is 0 Å². The topological polar surface area (TPSA) is 66.9 Å². The molecule has 0 atom stereocenters. The summed E-state index contributed by atoms with van der Waals surface area (Å²) >= 11 is 1.76. The molecule has 6 rings (SSSR count). The van der Waals surface area contributed by atoms with Gasteiger partial charge in [-0.2, -0.15) is 5.10 Å². The van der Waals surface area contributed by atoms with Crippen molar-refractivity contribution in [1.29, 1.82) is 0 Å². The van der Waals surface area contributed by atoms with Crippen molar-refractivity contribution >= 4 is 38.3 Å². The molecule has 4 heterocycles. The second-order valence-electron chi connectivity index (χ2n) is 7.80. The highest BCUT2D eigenvalue weighted by Gasteiger charge is 2.21. The number of H-pyrrole nitrogens is 1. The van der Waals surface area contributed by atoms with E-state index in [0.29, 0.717) is 13.2 Å². The molecule has 1 aliphatic rings. The summed E-state index contributed by atoms with van der Waals surface area (Å²) in [5.41, 5.74) is 5.43. The minimum atomic E-state index is 0.717. The van der Waals surface area contributed by atoms with Gasteiger partial charge in [-0.25, -0.2) is 9.97 Å². The van der Waals surface area contributed by atoms with Crippen molar-refractivity contribution in [2.45, 2.75) is 6.92 Å². The van der Waals surface area contributed by atoms with Gasteiger partial charge in [-0.1, -0.05) is 42.0 Å². The first-order valence-corrected chi connectivity index (χ1v) is 11.2. The van der Waals surface area contributed by atoms with Crippen molar-refractivity contribution in [3.8, 4) is 21.8 Å². The molecular weight excluding hydrogens is 406 g/mol. The molecule has 6 nitrogen and oxygen atoms in total. The molecule has 0 bridgehead atoms. The number of hydrogen-bond acceptors (Lipinski definition) is 6. The molecule has 1 aliphatic heterocycles. The van der Waals surface area contributed by atoms with Gasteiger partial charge in [0.2, 0.25) is 0 Å². The average molecular weight is 428 g/mol. The van der Waals surface area contributed by atoms with Crippen LogP contribution in [-0.2, 0) is 4.74 Å². The van der Waals surface area contributed by atoms with E-state index in [1.54, 1.807) is 11.3 Å². The first kappa shape index (κ1) is 18.5. The molecule has 3 aromatic heterocycles. The molecule has 1 N–H and O–H groups in total. The Hall–Kier alpha value is -3.29. The third kappa shape index (κ3) is 3.26. The van der Waals surface area contributed by atoms with Crippen molar-refractivity contribution in [3.05, 3.63) is 60.3 Å². The highest BCUT2D eigenvalue weighted by atomic mass is 32.1. The van der Waals surface area contributed by atoms with E-state index in [9.17, 15) is 0 Å². The van der Waals surface area contributed by atoms with Crippen LogP contribution in [0, 0.1) is 6.92 Å². The van der Waals surface area contributed by atoms with Crippen LogP contribution in [0.5, 0.6) is 0 Å². The molecule has 0 spiro atoms. The zero-order valence-electron chi connectivity index (χ0n) is 17.1. The van der Waals surface area contributed by atoms with Crippen LogP contribution < -0.4 is 4.90 Å². The molecule has 31 heavy (non-hydrogen) atoms. The Morgan fingerprint density at radius 1 is 1.03 bits per heavy atom. The molecule has 0 amide bonds. The van der Waals surface area contributed by atoms with Gasteiger partial charge in [0.05, 0.1) is 35.1 Å². The summed E-state index contributed by atoms with van der Waals surface area (Å²) in [6, 6.07) is 16.9. The largest absolute Gasteiger partial charge is 0.378 e. The van der Waals surface area contributed by atoms with Crippen molar-refractivity contribution in [2.24, 2.45) is 0 Å². The first-order chi connectivity index (χ1) is 15.3. The second kappa shape index (κ2) is 7.44. The molecule has 1 saturated heterocycles. The van der Waals surface area contributed by atoms with Gasteiger partial charge >= 0.3 is 0 Å². The number of morpholine rings is 1. The number of aromatic amines is 1. The van der Waals surface area contributed by atoms with Gasteiger partial charge in [-0.3, -0.25) is 5.10 Å². The summed E-state index contributed by atoms with van der Waals surface area (Å²) in [5, 5.41) is 8.29. The Bertz CT molecular complexity index is 1400. The normalized spacial score (nSPS) is 14.5. The molecule has 1 fully saturated rings. The summed E-state index contributed by atoms with van der Waals surface area (Å²) < 4.78 is 6.72.